The predicted molar refractivity (Wildman–Crippen MR) is 69.7 cm³/mol. The highest BCUT2D eigenvalue weighted by atomic mass is 16.1. The number of anilines is 1. The second-order valence-corrected chi connectivity index (χ2v) is 5.69. The second-order valence-electron chi connectivity index (χ2n) is 5.69. The molecule has 0 bridgehead atoms. The average Bonchev–Trinajstić information content (AvgIpc) is 2.93. The molecule has 3 rings (SSSR count). The number of benzene rings is 1. The van der Waals surface area contributed by atoms with E-state index in [0.717, 1.165) is 42.5 Å². The maximum atomic E-state index is 12.5. The number of Topliss-reactive ketones (excluding diaryl/α,β-unsaturated/α-hetero) is 1. The number of fused-ring (bicyclic) bond motifs is 1. The summed E-state index contributed by atoms with van der Waals surface area (Å²) in [5, 5.41) is 2.79. The molecule has 1 N–H and O–H groups in total. The maximum absolute atomic E-state index is 12.5. The van der Waals surface area contributed by atoms with Crippen molar-refractivity contribution in [2.24, 2.45) is 5.41 Å². The minimum absolute atomic E-state index is 0.0154. The first kappa shape index (κ1) is 11.5. The van der Waals surface area contributed by atoms with Crippen molar-refractivity contribution >= 4 is 17.4 Å². The van der Waals surface area contributed by atoms with Crippen LogP contribution in [0.15, 0.2) is 18.2 Å². The van der Waals surface area contributed by atoms with Crippen molar-refractivity contribution < 1.29 is 9.59 Å². The van der Waals surface area contributed by atoms with Crippen LogP contribution in [0.25, 0.3) is 0 Å². The lowest BCUT2D eigenvalue weighted by molar-refractivity contribution is -0.115. The third-order valence-corrected chi connectivity index (χ3v) is 4.25. The minimum atomic E-state index is -0.190. The number of amides is 1. The molecule has 1 aliphatic carbocycles. The van der Waals surface area contributed by atoms with Crippen LogP contribution in [0.1, 0.15) is 48.5 Å². The molecule has 0 aromatic heterocycles. The largest absolute Gasteiger partial charge is 0.326 e. The molecule has 1 aromatic rings. The molecule has 1 aliphatic heterocycles. The summed E-state index contributed by atoms with van der Waals surface area (Å²) in [6.07, 6.45) is 4.66. The highest BCUT2D eigenvalue weighted by molar-refractivity contribution is 6.04. The second kappa shape index (κ2) is 3.94. The third kappa shape index (κ3) is 1.74. The van der Waals surface area contributed by atoms with E-state index in [1.807, 2.05) is 18.2 Å². The molecule has 0 radical (unpaired) electrons. The number of carbonyl (C=O) groups excluding carboxylic acids is 2. The Hall–Kier alpha value is -1.64. The normalized spacial score (nSPS) is 20.6. The molecule has 1 amide bonds. The Balaban J connectivity index is 1.92. The molecule has 2 aliphatic rings. The van der Waals surface area contributed by atoms with Gasteiger partial charge in [0.25, 0.3) is 0 Å². The van der Waals surface area contributed by atoms with Crippen LogP contribution < -0.4 is 5.32 Å². The zero-order chi connectivity index (χ0) is 12.8. The van der Waals surface area contributed by atoms with Gasteiger partial charge in [0.15, 0.2) is 5.78 Å². The summed E-state index contributed by atoms with van der Waals surface area (Å²) in [6, 6.07) is 5.58. The molecular weight excluding hydrogens is 226 g/mol. The first-order chi connectivity index (χ1) is 8.58. The van der Waals surface area contributed by atoms with E-state index in [4.69, 9.17) is 0 Å². The lowest BCUT2D eigenvalue weighted by atomic mass is 9.80. The van der Waals surface area contributed by atoms with Crippen molar-refractivity contribution in [1.29, 1.82) is 0 Å². The van der Waals surface area contributed by atoms with Gasteiger partial charge in [-0.1, -0.05) is 19.8 Å². The zero-order valence-electron chi connectivity index (χ0n) is 10.6. The molecule has 3 nitrogen and oxygen atoms in total. The fourth-order valence-electron chi connectivity index (χ4n) is 3.10. The van der Waals surface area contributed by atoms with Crippen molar-refractivity contribution in [3.8, 4) is 0 Å². The fourth-order valence-corrected chi connectivity index (χ4v) is 3.10. The van der Waals surface area contributed by atoms with Crippen LogP contribution in [0.2, 0.25) is 0 Å². The van der Waals surface area contributed by atoms with Crippen molar-refractivity contribution in [2.75, 3.05) is 5.32 Å². The van der Waals surface area contributed by atoms with Crippen LogP contribution in [0.3, 0.4) is 0 Å². The molecule has 94 valence electrons. The van der Waals surface area contributed by atoms with E-state index in [1.54, 1.807) is 0 Å². The molecule has 0 atom stereocenters. The number of hydrogen-bond donors (Lipinski definition) is 1. The van der Waals surface area contributed by atoms with Crippen molar-refractivity contribution in [3.05, 3.63) is 29.3 Å². The molecule has 0 unspecified atom stereocenters. The Morgan fingerprint density at radius 1 is 1.28 bits per heavy atom. The first-order valence-corrected chi connectivity index (χ1v) is 6.56. The van der Waals surface area contributed by atoms with E-state index in [-0.39, 0.29) is 17.1 Å². The van der Waals surface area contributed by atoms with Gasteiger partial charge < -0.3 is 5.32 Å². The molecule has 1 saturated carbocycles. The fraction of sp³-hybridized carbons (Fsp3) is 0.467. The molecule has 1 aromatic carbocycles. The maximum Gasteiger partial charge on any atom is 0.228 e. The van der Waals surface area contributed by atoms with Gasteiger partial charge in [0.1, 0.15) is 0 Å². The van der Waals surface area contributed by atoms with Gasteiger partial charge in [0.2, 0.25) is 5.91 Å². The van der Waals surface area contributed by atoms with Crippen molar-refractivity contribution in [1.82, 2.24) is 0 Å². The summed E-state index contributed by atoms with van der Waals surface area (Å²) in [4.78, 5) is 23.8. The number of rotatable bonds is 2. The van der Waals surface area contributed by atoms with Gasteiger partial charge in [-0.15, -0.1) is 0 Å². The van der Waals surface area contributed by atoms with E-state index in [2.05, 4.69) is 12.2 Å². The quantitative estimate of drug-likeness (QED) is 0.812. The first-order valence-electron chi connectivity index (χ1n) is 6.56. The summed E-state index contributed by atoms with van der Waals surface area (Å²) in [5.41, 5.74) is 2.37. The SMILES string of the molecule is CC1(C(=O)c2ccc3c(c2)CC(=O)N3)CCCC1. The van der Waals surface area contributed by atoms with Crippen LogP contribution in [0, 0.1) is 5.41 Å². The van der Waals surface area contributed by atoms with Gasteiger partial charge in [0, 0.05) is 16.7 Å². The number of ketones is 1. The lowest BCUT2D eigenvalue weighted by Crippen LogP contribution is -2.24. The van der Waals surface area contributed by atoms with Crippen LogP contribution in [0.5, 0.6) is 0 Å². The highest BCUT2D eigenvalue weighted by Gasteiger charge is 2.37. The summed E-state index contributed by atoms with van der Waals surface area (Å²) < 4.78 is 0. The van der Waals surface area contributed by atoms with Crippen LogP contribution in [-0.2, 0) is 11.2 Å². The molecule has 1 heterocycles. The van der Waals surface area contributed by atoms with Crippen LogP contribution in [-0.4, -0.2) is 11.7 Å². The number of nitrogens with one attached hydrogen (secondary N) is 1. The van der Waals surface area contributed by atoms with Crippen LogP contribution >= 0.6 is 0 Å². The number of hydrogen-bond acceptors (Lipinski definition) is 2. The van der Waals surface area contributed by atoms with Gasteiger partial charge in [-0.3, -0.25) is 9.59 Å². The van der Waals surface area contributed by atoms with Gasteiger partial charge >= 0.3 is 0 Å². The standard InChI is InChI=1S/C15H17NO2/c1-15(6-2-3-7-15)14(18)10-4-5-12-11(8-10)9-13(17)16-12/h4-5,8H,2-3,6-7,9H2,1H3,(H,16,17). The average molecular weight is 243 g/mol. The van der Waals surface area contributed by atoms with E-state index in [9.17, 15) is 9.59 Å². The Morgan fingerprint density at radius 3 is 2.72 bits per heavy atom. The molecular formula is C15H17NO2. The van der Waals surface area contributed by atoms with Crippen molar-refractivity contribution in [2.45, 2.75) is 39.0 Å². The molecule has 18 heavy (non-hydrogen) atoms. The minimum Gasteiger partial charge on any atom is -0.326 e. The smallest absolute Gasteiger partial charge is 0.228 e. The van der Waals surface area contributed by atoms with E-state index >= 15 is 0 Å². The molecule has 0 spiro atoms. The van der Waals surface area contributed by atoms with Gasteiger partial charge in [-0.25, -0.2) is 0 Å². The predicted octanol–water partition coefficient (Wildman–Crippen LogP) is 2.94. The molecule has 1 fully saturated rings. The van der Waals surface area contributed by atoms with E-state index in [0.29, 0.717) is 6.42 Å². The Bertz CT molecular complexity index is 527. The summed E-state index contributed by atoms with van der Waals surface area (Å²) in [7, 11) is 0. The third-order valence-electron chi connectivity index (χ3n) is 4.25. The molecule has 3 heteroatoms. The zero-order valence-corrected chi connectivity index (χ0v) is 10.6. The van der Waals surface area contributed by atoms with E-state index < -0.39 is 0 Å². The summed E-state index contributed by atoms with van der Waals surface area (Å²) in [6.45, 7) is 2.07. The monoisotopic (exact) mass is 243 g/mol. The Kier molecular flexibility index (Phi) is 2.51. The molecule has 0 saturated heterocycles. The Labute approximate surface area is 107 Å². The lowest BCUT2D eigenvalue weighted by Gasteiger charge is -2.21. The Morgan fingerprint density at radius 2 is 2.00 bits per heavy atom. The van der Waals surface area contributed by atoms with Gasteiger partial charge in [0.05, 0.1) is 6.42 Å². The summed E-state index contributed by atoms with van der Waals surface area (Å²) in [5.74, 6) is 0.254. The number of carbonyl (C=O) groups is 2. The van der Waals surface area contributed by atoms with Crippen LogP contribution in [0.4, 0.5) is 5.69 Å². The van der Waals surface area contributed by atoms with Crippen molar-refractivity contribution in [3.63, 3.8) is 0 Å². The highest BCUT2D eigenvalue weighted by Crippen LogP contribution is 2.40. The van der Waals surface area contributed by atoms with E-state index in [1.165, 1.54) is 0 Å². The van der Waals surface area contributed by atoms with Gasteiger partial charge in [-0.2, -0.15) is 0 Å². The summed E-state index contributed by atoms with van der Waals surface area (Å²) >= 11 is 0. The van der Waals surface area contributed by atoms with Gasteiger partial charge in [-0.05, 0) is 36.6 Å². The topological polar surface area (TPSA) is 46.2 Å².